The van der Waals surface area contributed by atoms with Crippen LogP contribution >= 0.6 is 0 Å². The molecule has 0 spiro atoms. The highest BCUT2D eigenvalue weighted by atomic mass is 32.2. The summed E-state index contributed by atoms with van der Waals surface area (Å²) in [6.07, 6.45) is 0.0132. The van der Waals surface area contributed by atoms with Crippen LogP contribution in [0.25, 0.3) is 0 Å². The number of nitrogens with one attached hydrogen (secondary N) is 1. The van der Waals surface area contributed by atoms with Gasteiger partial charge in [0.25, 0.3) is 10.0 Å². The fourth-order valence-electron chi connectivity index (χ4n) is 2.71. The molecule has 2 aromatic rings. The Morgan fingerprint density at radius 1 is 1.04 bits per heavy atom. The monoisotopic (exact) mass is 377 g/mol. The van der Waals surface area contributed by atoms with E-state index in [0.29, 0.717) is 22.7 Å². The third kappa shape index (κ3) is 4.69. The number of sulfonamides is 1. The van der Waals surface area contributed by atoms with Gasteiger partial charge >= 0.3 is 0 Å². The Balaban J connectivity index is 2.40. The number of aryl methyl sites for hydroxylation is 1. The third-order valence-corrected chi connectivity index (χ3v) is 5.42. The quantitative estimate of drug-likeness (QED) is 0.758. The molecule has 26 heavy (non-hydrogen) atoms. The largest absolute Gasteiger partial charge is 0.496 e. The molecule has 0 amide bonds. The van der Waals surface area contributed by atoms with E-state index in [4.69, 9.17) is 9.47 Å². The molecule has 142 valence electrons. The summed E-state index contributed by atoms with van der Waals surface area (Å²) in [5, 5.41) is 0. The third-order valence-electron chi connectivity index (χ3n) is 3.90. The molecule has 0 aliphatic carbocycles. The van der Waals surface area contributed by atoms with Crippen molar-refractivity contribution in [3.05, 3.63) is 47.5 Å². The predicted molar refractivity (Wildman–Crippen MR) is 105 cm³/mol. The highest BCUT2D eigenvalue weighted by Crippen LogP contribution is 2.32. The molecule has 2 rings (SSSR count). The van der Waals surface area contributed by atoms with E-state index < -0.39 is 10.0 Å². The van der Waals surface area contributed by atoms with Gasteiger partial charge in [0.15, 0.2) is 0 Å². The van der Waals surface area contributed by atoms with Crippen LogP contribution in [0.2, 0.25) is 0 Å². The molecule has 0 unspecified atom stereocenters. The molecule has 0 heterocycles. The number of anilines is 1. The molecule has 0 aromatic heterocycles. The number of rotatable bonds is 7. The summed E-state index contributed by atoms with van der Waals surface area (Å²) in [5.74, 6) is 1.46. The minimum atomic E-state index is -3.73. The Kier molecular flexibility index (Phi) is 6.18. The summed E-state index contributed by atoms with van der Waals surface area (Å²) in [7, 11) is -2.14. The van der Waals surface area contributed by atoms with Gasteiger partial charge in [-0.2, -0.15) is 0 Å². The number of methoxy groups -OCH3 is 1. The SMILES string of the molecule is COc1cc(C)c(S(=O)(=O)Nc2cccc(OC(C)C)c2)cc1C(C)C. The molecule has 0 saturated carbocycles. The molecule has 0 atom stereocenters. The van der Waals surface area contributed by atoms with E-state index in [9.17, 15) is 8.42 Å². The van der Waals surface area contributed by atoms with Crippen LogP contribution in [0.1, 0.15) is 44.7 Å². The van der Waals surface area contributed by atoms with Crippen LogP contribution in [0, 0.1) is 6.92 Å². The second kappa shape index (κ2) is 7.99. The van der Waals surface area contributed by atoms with E-state index in [1.54, 1.807) is 50.4 Å². The van der Waals surface area contributed by atoms with Crippen molar-refractivity contribution in [1.82, 2.24) is 0 Å². The lowest BCUT2D eigenvalue weighted by molar-refractivity contribution is 0.242. The Bertz CT molecular complexity index is 873. The molecule has 6 heteroatoms. The van der Waals surface area contributed by atoms with E-state index in [-0.39, 0.29) is 16.9 Å². The van der Waals surface area contributed by atoms with Crippen molar-refractivity contribution >= 4 is 15.7 Å². The number of benzene rings is 2. The van der Waals surface area contributed by atoms with Crippen molar-refractivity contribution in [2.24, 2.45) is 0 Å². The lowest BCUT2D eigenvalue weighted by Crippen LogP contribution is -2.15. The van der Waals surface area contributed by atoms with Gasteiger partial charge in [0, 0.05) is 6.07 Å². The molecular weight excluding hydrogens is 350 g/mol. The predicted octanol–water partition coefficient (Wildman–Crippen LogP) is 4.72. The first-order chi connectivity index (χ1) is 12.1. The maximum absolute atomic E-state index is 12.9. The smallest absolute Gasteiger partial charge is 0.262 e. The van der Waals surface area contributed by atoms with Gasteiger partial charge in [-0.15, -0.1) is 0 Å². The summed E-state index contributed by atoms with van der Waals surface area (Å²) in [6.45, 7) is 9.61. The molecule has 1 N–H and O–H groups in total. The highest BCUT2D eigenvalue weighted by molar-refractivity contribution is 7.92. The number of hydrogen-bond acceptors (Lipinski definition) is 4. The van der Waals surface area contributed by atoms with Crippen LogP contribution < -0.4 is 14.2 Å². The maximum Gasteiger partial charge on any atom is 0.262 e. The zero-order chi connectivity index (χ0) is 19.5. The summed E-state index contributed by atoms with van der Waals surface area (Å²) < 4.78 is 39.5. The molecule has 2 aromatic carbocycles. The normalized spacial score (nSPS) is 11.7. The minimum Gasteiger partial charge on any atom is -0.496 e. The van der Waals surface area contributed by atoms with Crippen molar-refractivity contribution in [2.45, 2.75) is 51.5 Å². The first kappa shape index (κ1) is 20.1. The number of ether oxygens (including phenoxy) is 2. The topological polar surface area (TPSA) is 64.6 Å². The van der Waals surface area contributed by atoms with Crippen molar-refractivity contribution in [2.75, 3.05) is 11.8 Å². The van der Waals surface area contributed by atoms with Gasteiger partial charge in [-0.1, -0.05) is 19.9 Å². The van der Waals surface area contributed by atoms with Gasteiger partial charge in [-0.05, 0) is 62.1 Å². The second-order valence-electron chi connectivity index (χ2n) is 6.81. The van der Waals surface area contributed by atoms with E-state index in [1.807, 2.05) is 27.7 Å². The Morgan fingerprint density at radius 3 is 2.31 bits per heavy atom. The molecule has 0 bridgehead atoms. The fraction of sp³-hybridized carbons (Fsp3) is 0.400. The molecule has 0 aliphatic heterocycles. The summed E-state index contributed by atoms with van der Waals surface area (Å²) in [6, 6.07) is 10.4. The Hall–Kier alpha value is -2.21. The average Bonchev–Trinajstić information content (AvgIpc) is 2.53. The van der Waals surface area contributed by atoms with Gasteiger partial charge in [0.2, 0.25) is 0 Å². The fourth-order valence-corrected chi connectivity index (χ4v) is 4.02. The standard InChI is InChI=1S/C20H27NO4S/c1-13(2)18-12-20(15(5)10-19(18)24-6)26(22,23)21-16-8-7-9-17(11-16)25-14(3)4/h7-14,21H,1-6H3. The second-order valence-corrected chi connectivity index (χ2v) is 8.47. The highest BCUT2D eigenvalue weighted by Gasteiger charge is 2.21. The molecule has 0 radical (unpaired) electrons. The molecule has 0 fully saturated rings. The zero-order valence-electron chi connectivity index (χ0n) is 16.2. The zero-order valence-corrected chi connectivity index (χ0v) is 17.0. The first-order valence-electron chi connectivity index (χ1n) is 8.62. The van der Waals surface area contributed by atoms with E-state index in [1.165, 1.54) is 0 Å². The van der Waals surface area contributed by atoms with E-state index >= 15 is 0 Å². The lowest BCUT2D eigenvalue weighted by atomic mass is 10.0. The summed E-state index contributed by atoms with van der Waals surface area (Å²) in [4.78, 5) is 0.247. The minimum absolute atomic E-state index is 0.0132. The lowest BCUT2D eigenvalue weighted by Gasteiger charge is -2.17. The van der Waals surface area contributed by atoms with Crippen LogP contribution in [0.5, 0.6) is 11.5 Å². The van der Waals surface area contributed by atoms with E-state index in [0.717, 1.165) is 5.56 Å². The van der Waals surface area contributed by atoms with Gasteiger partial charge in [0.05, 0.1) is 23.8 Å². The molecule has 0 aliphatic rings. The van der Waals surface area contributed by atoms with Gasteiger partial charge in [-0.25, -0.2) is 8.42 Å². The Labute approximate surface area is 156 Å². The van der Waals surface area contributed by atoms with Crippen molar-refractivity contribution in [3.63, 3.8) is 0 Å². The van der Waals surface area contributed by atoms with Crippen LogP contribution in [-0.2, 0) is 10.0 Å². The van der Waals surface area contributed by atoms with Crippen LogP contribution in [-0.4, -0.2) is 21.6 Å². The van der Waals surface area contributed by atoms with E-state index in [2.05, 4.69) is 4.72 Å². The summed E-state index contributed by atoms with van der Waals surface area (Å²) in [5.41, 5.74) is 1.95. The molecule has 0 saturated heterocycles. The molecule has 5 nitrogen and oxygen atoms in total. The van der Waals surface area contributed by atoms with Gasteiger partial charge in [-0.3, -0.25) is 4.72 Å². The first-order valence-corrected chi connectivity index (χ1v) is 10.1. The van der Waals surface area contributed by atoms with Crippen molar-refractivity contribution < 1.29 is 17.9 Å². The average molecular weight is 378 g/mol. The van der Waals surface area contributed by atoms with Crippen LogP contribution in [0.4, 0.5) is 5.69 Å². The Morgan fingerprint density at radius 2 is 1.73 bits per heavy atom. The number of hydrogen-bond donors (Lipinski definition) is 1. The summed E-state index contributed by atoms with van der Waals surface area (Å²) >= 11 is 0. The maximum atomic E-state index is 12.9. The van der Waals surface area contributed by atoms with Crippen molar-refractivity contribution in [1.29, 1.82) is 0 Å². The van der Waals surface area contributed by atoms with Crippen LogP contribution in [0.3, 0.4) is 0 Å². The van der Waals surface area contributed by atoms with Gasteiger partial charge < -0.3 is 9.47 Å². The van der Waals surface area contributed by atoms with Gasteiger partial charge in [0.1, 0.15) is 11.5 Å². The molecular formula is C20H27NO4S. The van der Waals surface area contributed by atoms with Crippen molar-refractivity contribution in [3.8, 4) is 11.5 Å². The van der Waals surface area contributed by atoms with Crippen LogP contribution in [0.15, 0.2) is 41.3 Å².